The Balaban J connectivity index is 2.76. The van der Waals surface area contributed by atoms with E-state index in [2.05, 4.69) is 6.92 Å². The van der Waals surface area contributed by atoms with Crippen LogP contribution in [0.15, 0.2) is 0 Å². The van der Waals surface area contributed by atoms with Gasteiger partial charge in [0.1, 0.15) is 0 Å². The maximum absolute atomic E-state index is 2.29. The summed E-state index contributed by atoms with van der Waals surface area (Å²) >= 11 is 1.47. The SMILES string of the molecule is CCCCCCCCCCC[CH2][In]. The van der Waals surface area contributed by atoms with E-state index in [1.807, 2.05) is 0 Å². The average molecular weight is 284 g/mol. The van der Waals surface area contributed by atoms with Gasteiger partial charge in [-0.1, -0.05) is 0 Å². The van der Waals surface area contributed by atoms with Crippen molar-refractivity contribution in [2.24, 2.45) is 0 Å². The zero-order chi connectivity index (χ0) is 9.78. The van der Waals surface area contributed by atoms with Crippen molar-refractivity contribution < 1.29 is 0 Å². The predicted octanol–water partition coefficient (Wildman–Crippen LogP) is 4.49. The number of rotatable bonds is 10. The molecule has 0 saturated carbocycles. The van der Waals surface area contributed by atoms with E-state index >= 15 is 0 Å². The molecule has 0 aromatic heterocycles. The van der Waals surface area contributed by atoms with Crippen molar-refractivity contribution in [3.05, 3.63) is 0 Å². The Kier molecular flexibility index (Phi) is 13.7. The summed E-state index contributed by atoms with van der Waals surface area (Å²) in [6.07, 6.45) is 14.7. The molecule has 0 aliphatic rings. The molecule has 0 N–H and O–H groups in total. The number of unbranched alkanes of at least 4 members (excludes halogenated alkanes) is 9. The molecular formula is C12H25In. The Morgan fingerprint density at radius 3 is 1.38 bits per heavy atom. The summed E-state index contributed by atoms with van der Waals surface area (Å²) in [4.78, 5) is 0. The van der Waals surface area contributed by atoms with Crippen LogP contribution in [0.4, 0.5) is 0 Å². The van der Waals surface area contributed by atoms with E-state index in [1.54, 1.807) is 0 Å². The van der Waals surface area contributed by atoms with Crippen molar-refractivity contribution in [3.8, 4) is 0 Å². The molecule has 76 valence electrons. The average Bonchev–Trinajstić information content (AvgIpc) is 2.16. The van der Waals surface area contributed by atoms with Gasteiger partial charge >= 0.3 is 99.7 Å². The van der Waals surface area contributed by atoms with Crippen LogP contribution in [0.25, 0.3) is 0 Å². The van der Waals surface area contributed by atoms with Gasteiger partial charge in [-0.3, -0.25) is 0 Å². The van der Waals surface area contributed by atoms with E-state index in [0.717, 1.165) is 0 Å². The standard InChI is InChI=1S/C12H25.In/c1-3-5-7-9-11-12-10-8-6-4-2;/h1,3-12H2,2H3;. The molecule has 0 heterocycles. The Morgan fingerprint density at radius 2 is 1.00 bits per heavy atom. The second kappa shape index (κ2) is 12.9. The minimum atomic E-state index is 1.38. The summed E-state index contributed by atoms with van der Waals surface area (Å²) in [5, 5.41) is 0. The molecule has 0 aromatic rings. The fraction of sp³-hybridized carbons (Fsp3) is 1.00. The summed E-state index contributed by atoms with van der Waals surface area (Å²) in [7, 11) is 0. The van der Waals surface area contributed by atoms with E-state index in [1.165, 1.54) is 92.8 Å². The van der Waals surface area contributed by atoms with Gasteiger partial charge in [0.15, 0.2) is 0 Å². The first-order valence-electron chi connectivity index (χ1n) is 6.12. The van der Waals surface area contributed by atoms with Crippen LogP contribution < -0.4 is 0 Å². The van der Waals surface area contributed by atoms with Gasteiger partial charge in [0.05, 0.1) is 0 Å². The summed E-state index contributed by atoms with van der Waals surface area (Å²) in [5.74, 6) is 0. The van der Waals surface area contributed by atoms with Gasteiger partial charge in [0.25, 0.3) is 0 Å². The van der Waals surface area contributed by atoms with Crippen LogP contribution in [0, 0.1) is 0 Å². The van der Waals surface area contributed by atoms with Crippen molar-refractivity contribution >= 4 is 24.4 Å². The van der Waals surface area contributed by atoms with Gasteiger partial charge in [-0.2, -0.15) is 0 Å². The maximum atomic E-state index is 2.29. The normalized spacial score (nSPS) is 10.5. The molecule has 0 bridgehead atoms. The number of hydrogen-bond acceptors (Lipinski definition) is 0. The molecule has 0 saturated heterocycles. The fourth-order valence-electron chi connectivity index (χ4n) is 1.63. The van der Waals surface area contributed by atoms with E-state index < -0.39 is 0 Å². The van der Waals surface area contributed by atoms with Gasteiger partial charge < -0.3 is 0 Å². The molecule has 0 rings (SSSR count). The topological polar surface area (TPSA) is 0 Å². The molecule has 0 unspecified atom stereocenters. The van der Waals surface area contributed by atoms with E-state index in [4.69, 9.17) is 0 Å². The van der Waals surface area contributed by atoms with Gasteiger partial charge in [-0.15, -0.1) is 0 Å². The molecular weight excluding hydrogens is 259 g/mol. The first kappa shape index (κ1) is 13.9. The van der Waals surface area contributed by atoms with Crippen molar-refractivity contribution in [1.29, 1.82) is 0 Å². The minimum absolute atomic E-state index is 1.38. The van der Waals surface area contributed by atoms with Crippen LogP contribution >= 0.6 is 0 Å². The molecule has 0 aliphatic heterocycles. The van der Waals surface area contributed by atoms with E-state index in [-0.39, 0.29) is 0 Å². The van der Waals surface area contributed by atoms with E-state index in [9.17, 15) is 0 Å². The summed E-state index contributed by atoms with van der Waals surface area (Å²) in [6.45, 7) is 2.29. The molecule has 0 amide bonds. The van der Waals surface area contributed by atoms with Crippen LogP contribution in [0.2, 0.25) is 4.18 Å². The third-order valence-electron chi connectivity index (χ3n) is 2.56. The van der Waals surface area contributed by atoms with Crippen molar-refractivity contribution in [3.63, 3.8) is 0 Å². The van der Waals surface area contributed by atoms with Crippen LogP contribution in [0.5, 0.6) is 0 Å². The van der Waals surface area contributed by atoms with Crippen molar-refractivity contribution in [2.75, 3.05) is 0 Å². The zero-order valence-corrected chi connectivity index (χ0v) is 12.7. The summed E-state index contributed by atoms with van der Waals surface area (Å²) in [6, 6.07) is 0. The van der Waals surface area contributed by atoms with Gasteiger partial charge in [-0.05, 0) is 0 Å². The zero-order valence-electron chi connectivity index (χ0n) is 9.36. The fourth-order valence-corrected chi connectivity index (χ4v) is 2.46. The molecule has 0 spiro atoms. The van der Waals surface area contributed by atoms with Crippen molar-refractivity contribution in [2.45, 2.75) is 75.3 Å². The van der Waals surface area contributed by atoms with Gasteiger partial charge in [0.2, 0.25) is 0 Å². The quantitative estimate of drug-likeness (QED) is 0.518. The first-order valence-corrected chi connectivity index (χ1v) is 8.45. The molecule has 0 atom stereocenters. The molecule has 13 heavy (non-hydrogen) atoms. The van der Waals surface area contributed by atoms with Gasteiger partial charge in [0, 0.05) is 0 Å². The summed E-state index contributed by atoms with van der Waals surface area (Å²) in [5.41, 5.74) is 0. The predicted molar refractivity (Wildman–Crippen MR) is 62.4 cm³/mol. The molecule has 0 aromatic carbocycles. The van der Waals surface area contributed by atoms with Crippen LogP contribution in [0.3, 0.4) is 0 Å². The molecule has 0 nitrogen and oxygen atoms in total. The van der Waals surface area contributed by atoms with E-state index in [0.29, 0.717) is 0 Å². The Labute approximate surface area is 99.4 Å². The molecule has 2 radical (unpaired) electrons. The second-order valence-electron chi connectivity index (χ2n) is 3.97. The summed E-state index contributed by atoms with van der Waals surface area (Å²) < 4.78 is 1.50. The third-order valence-corrected chi connectivity index (χ3v) is 3.72. The van der Waals surface area contributed by atoms with Crippen molar-refractivity contribution in [1.82, 2.24) is 0 Å². The second-order valence-corrected chi connectivity index (χ2v) is 5.62. The third kappa shape index (κ3) is 12.9. The molecule has 0 fully saturated rings. The number of hydrogen-bond donors (Lipinski definition) is 0. The van der Waals surface area contributed by atoms with Crippen LogP contribution in [-0.4, -0.2) is 24.4 Å². The van der Waals surface area contributed by atoms with Crippen LogP contribution in [0.1, 0.15) is 71.1 Å². The Hall–Kier alpha value is 0.870. The van der Waals surface area contributed by atoms with Gasteiger partial charge in [-0.25, -0.2) is 0 Å². The monoisotopic (exact) mass is 284 g/mol. The Morgan fingerprint density at radius 1 is 0.615 bits per heavy atom. The van der Waals surface area contributed by atoms with Crippen LogP contribution in [-0.2, 0) is 0 Å². The molecule has 0 aliphatic carbocycles. The Bertz CT molecular complexity index is 71.2. The molecule has 1 heteroatoms. The first-order chi connectivity index (χ1) is 6.41.